The highest BCUT2D eigenvalue weighted by Crippen LogP contribution is 2.37. The third kappa shape index (κ3) is 4.56. The summed E-state index contributed by atoms with van der Waals surface area (Å²) in [6.07, 6.45) is -1.45. The summed E-state index contributed by atoms with van der Waals surface area (Å²) in [7, 11) is 0. The van der Waals surface area contributed by atoms with E-state index in [0.717, 1.165) is 5.82 Å². The fourth-order valence-corrected chi connectivity index (χ4v) is 3.59. The second-order valence-electron chi connectivity index (χ2n) is 6.98. The molecule has 1 aliphatic heterocycles. The molecule has 3 rings (SSSR count). The minimum Gasteiger partial charge on any atom is -0.353 e. The first-order chi connectivity index (χ1) is 12.3. The largest absolute Gasteiger partial charge is 0.391 e. The normalized spacial score (nSPS) is 24.5. The van der Waals surface area contributed by atoms with Gasteiger partial charge in [0.1, 0.15) is 11.6 Å². The van der Waals surface area contributed by atoms with E-state index in [1.54, 1.807) is 11.1 Å². The number of hydrogen-bond acceptors (Lipinski definition) is 4. The molecule has 2 heterocycles. The zero-order valence-corrected chi connectivity index (χ0v) is 14.8. The third-order valence-electron chi connectivity index (χ3n) is 5.17. The fourth-order valence-electron chi connectivity index (χ4n) is 3.59. The Bertz CT molecular complexity index is 623. The van der Waals surface area contributed by atoms with Crippen LogP contribution in [0.2, 0.25) is 0 Å². The first kappa shape index (κ1) is 18.7. The number of hydrogen-bond donors (Lipinski definition) is 1. The number of anilines is 1. The molecule has 2 fully saturated rings. The summed E-state index contributed by atoms with van der Waals surface area (Å²) in [6, 6.07) is 1.50. The van der Waals surface area contributed by atoms with Crippen LogP contribution in [-0.4, -0.2) is 59.3 Å². The average molecular weight is 371 g/mol. The standard InChI is InChI=1S/C17H24F3N5O/c1-12-21-7-6-15(22-12)24-8-10-25(11-9-24)16(26)23-14-4-2-13(3-5-14)17(18,19)20/h6-7,13-14H,2-5,8-11H2,1H3,(H,23,26). The number of halogens is 3. The molecular weight excluding hydrogens is 347 g/mol. The Kier molecular flexibility index (Phi) is 5.52. The number of amides is 2. The van der Waals surface area contributed by atoms with Crippen LogP contribution in [0.15, 0.2) is 12.3 Å². The Labute approximate surface area is 150 Å². The van der Waals surface area contributed by atoms with Gasteiger partial charge in [0.25, 0.3) is 0 Å². The second-order valence-corrected chi connectivity index (χ2v) is 6.98. The van der Waals surface area contributed by atoms with Crippen LogP contribution in [0.4, 0.5) is 23.8 Å². The number of alkyl halides is 3. The molecule has 0 aromatic carbocycles. The molecule has 1 saturated carbocycles. The van der Waals surface area contributed by atoms with E-state index in [0.29, 0.717) is 44.8 Å². The Morgan fingerprint density at radius 1 is 1.15 bits per heavy atom. The molecule has 2 aliphatic rings. The van der Waals surface area contributed by atoms with E-state index >= 15 is 0 Å². The van der Waals surface area contributed by atoms with Crippen molar-refractivity contribution >= 4 is 11.8 Å². The summed E-state index contributed by atoms with van der Waals surface area (Å²) in [5.74, 6) is 0.329. The van der Waals surface area contributed by atoms with Gasteiger partial charge in [0.2, 0.25) is 0 Å². The maximum atomic E-state index is 12.7. The topological polar surface area (TPSA) is 61.4 Å². The van der Waals surface area contributed by atoms with Crippen LogP contribution >= 0.6 is 0 Å². The van der Waals surface area contributed by atoms with Crippen LogP contribution in [0.25, 0.3) is 0 Å². The van der Waals surface area contributed by atoms with Crippen LogP contribution in [-0.2, 0) is 0 Å². The van der Waals surface area contributed by atoms with Gasteiger partial charge in [-0.05, 0) is 38.7 Å². The van der Waals surface area contributed by atoms with Crippen LogP contribution in [0.5, 0.6) is 0 Å². The van der Waals surface area contributed by atoms with Gasteiger partial charge in [-0.2, -0.15) is 13.2 Å². The van der Waals surface area contributed by atoms with Crippen molar-refractivity contribution in [1.29, 1.82) is 0 Å². The molecule has 26 heavy (non-hydrogen) atoms. The Hall–Kier alpha value is -2.06. The van der Waals surface area contributed by atoms with Crippen molar-refractivity contribution in [1.82, 2.24) is 20.2 Å². The Morgan fingerprint density at radius 2 is 1.81 bits per heavy atom. The van der Waals surface area contributed by atoms with Gasteiger partial charge in [-0.25, -0.2) is 14.8 Å². The van der Waals surface area contributed by atoms with Crippen molar-refractivity contribution in [3.8, 4) is 0 Å². The number of carbonyl (C=O) groups excluding carboxylic acids is 1. The minimum absolute atomic E-state index is 0.0925. The number of nitrogens with zero attached hydrogens (tertiary/aromatic N) is 4. The van der Waals surface area contributed by atoms with E-state index < -0.39 is 12.1 Å². The number of nitrogens with one attached hydrogen (secondary N) is 1. The first-order valence-corrected chi connectivity index (χ1v) is 8.99. The van der Waals surface area contributed by atoms with Gasteiger partial charge in [0.15, 0.2) is 0 Å². The molecule has 1 aliphatic carbocycles. The highest BCUT2D eigenvalue weighted by molar-refractivity contribution is 5.74. The van der Waals surface area contributed by atoms with Gasteiger partial charge in [0.05, 0.1) is 5.92 Å². The quantitative estimate of drug-likeness (QED) is 0.868. The molecule has 6 nitrogen and oxygen atoms in total. The molecule has 0 radical (unpaired) electrons. The van der Waals surface area contributed by atoms with Gasteiger partial charge < -0.3 is 15.1 Å². The van der Waals surface area contributed by atoms with E-state index in [9.17, 15) is 18.0 Å². The predicted octanol–water partition coefficient (Wildman–Crippen LogP) is 2.74. The SMILES string of the molecule is Cc1nccc(N2CCN(C(=O)NC3CCC(C(F)(F)F)CC3)CC2)n1. The molecule has 1 N–H and O–H groups in total. The number of rotatable bonds is 2. The Morgan fingerprint density at radius 3 is 2.38 bits per heavy atom. The molecule has 0 bridgehead atoms. The molecule has 1 aromatic rings. The van der Waals surface area contributed by atoms with Crippen molar-refractivity contribution in [3.05, 3.63) is 18.1 Å². The maximum absolute atomic E-state index is 12.7. The summed E-state index contributed by atoms with van der Waals surface area (Å²) in [6.45, 7) is 4.30. The molecule has 0 unspecified atom stereocenters. The lowest BCUT2D eigenvalue weighted by molar-refractivity contribution is -0.182. The van der Waals surface area contributed by atoms with E-state index in [-0.39, 0.29) is 24.9 Å². The van der Waals surface area contributed by atoms with Crippen LogP contribution in [0.1, 0.15) is 31.5 Å². The maximum Gasteiger partial charge on any atom is 0.391 e. The Balaban J connectivity index is 1.44. The zero-order chi connectivity index (χ0) is 18.7. The van der Waals surface area contributed by atoms with Crippen molar-refractivity contribution in [3.63, 3.8) is 0 Å². The van der Waals surface area contributed by atoms with Crippen LogP contribution < -0.4 is 10.2 Å². The minimum atomic E-state index is -4.12. The number of aryl methyl sites for hydroxylation is 1. The number of carbonyl (C=O) groups is 1. The van der Waals surface area contributed by atoms with E-state index in [4.69, 9.17) is 0 Å². The molecule has 0 atom stereocenters. The molecular formula is C17H24F3N5O. The van der Waals surface area contributed by atoms with E-state index in [1.165, 1.54) is 0 Å². The number of urea groups is 1. The van der Waals surface area contributed by atoms with E-state index in [1.807, 2.05) is 13.0 Å². The van der Waals surface area contributed by atoms with Crippen LogP contribution in [0, 0.1) is 12.8 Å². The second kappa shape index (κ2) is 7.67. The van der Waals surface area contributed by atoms with Gasteiger partial charge >= 0.3 is 12.2 Å². The highest BCUT2D eigenvalue weighted by atomic mass is 19.4. The van der Waals surface area contributed by atoms with Crippen molar-refractivity contribution in [2.24, 2.45) is 5.92 Å². The zero-order valence-electron chi connectivity index (χ0n) is 14.8. The van der Waals surface area contributed by atoms with Crippen molar-refractivity contribution in [2.75, 3.05) is 31.1 Å². The van der Waals surface area contributed by atoms with Gasteiger partial charge in [0, 0.05) is 38.4 Å². The van der Waals surface area contributed by atoms with Gasteiger partial charge in [-0.3, -0.25) is 0 Å². The van der Waals surface area contributed by atoms with Gasteiger partial charge in [-0.1, -0.05) is 0 Å². The lowest BCUT2D eigenvalue weighted by Crippen LogP contribution is -2.54. The monoisotopic (exact) mass is 371 g/mol. The number of aromatic nitrogens is 2. The molecule has 144 valence electrons. The lowest BCUT2D eigenvalue weighted by Gasteiger charge is -2.37. The molecule has 2 amide bonds. The fraction of sp³-hybridized carbons (Fsp3) is 0.706. The summed E-state index contributed by atoms with van der Waals surface area (Å²) in [5.41, 5.74) is 0. The summed E-state index contributed by atoms with van der Waals surface area (Å²) < 4.78 is 38.1. The summed E-state index contributed by atoms with van der Waals surface area (Å²) in [4.78, 5) is 24.7. The summed E-state index contributed by atoms with van der Waals surface area (Å²) >= 11 is 0. The molecule has 9 heteroatoms. The lowest BCUT2D eigenvalue weighted by atomic mass is 9.85. The van der Waals surface area contributed by atoms with Gasteiger partial charge in [-0.15, -0.1) is 0 Å². The van der Waals surface area contributed by atoms with Crippen LogP contribution in [0.3, 0.4) is 0 Å². The molecule has 1 saturated heterocycles. The predicted molar refractivity (Wildman–Crippen MR) is 90.9 cm³/mol. The van der Waals surface area contributed by atoms with E-state index in [2.05, 4.69) is 20.2 Å². The van der Waals surface area contributed by atoms with Crippen molar-refractivity contribution < 1.29 is 18.0 Å². The first-order valence-electron chi connectivity index (χ1n) is 8.99. The smallest absolute Gasteiger partial charge is 0.353 e. The summed E-state index contributed by atoms with van der Waals surface area (Å²) in [5, 5.41) is 2.90. The third-order valence-corrected chi connectivity index (χ3v) is 5.17. The highest BCUT2D eigenvalue weighted by Gasteiger charge is 2.41. The average Bonchev–Trinajstić information content (AvgIpc) is 2.61. The number of piperazine rings is 1. The molecule has 1 aromatic heterocycles. The van der Waals surface area contributed by atoms with Crippen molar-refractivity contribution in [2.45, 2.75) is 44.8 Å². The molecule has 0 spiro atoms.